The lowest BCUT2D eigenvalue weighted by Crippen LogP contribution is -2.25. The van der Waals surface area contributed by atoms with Crippen LogP contribution >= 0.6 is 12.2 Å². The molecule has 0 aliphatic carbocycles. The van der Waals surface area contributed by atoms with Crippen LogP contribution in [0.25, 0.3) is 0 Å². The van der Waals surface area contributed by atoms with Crippen LogP contribution in [-0.2, 0) is 11.8 Å². The molecule has 3 rings (SSSR count). The van der Waals surface area contributed by atoms with E-state index in [2.05, 4.69) is 10.2 Å². The van der Waals surface area contributed by atoms with Crippen molar-refractivity contribution in [1.29, 1.82) is 0 Å². The van der Waals surface area contributed by atoms with E-state index < -0.39 is 0 Å². The van der Waals surface area contributed by atoms with E-state index in [1.165, 1.54) is 6.07 Å². The summed E-state index contributed by atoms with van der Waals surface area (Å²) in [7, 11) is 1.87. The number of nitrogens with one attached hydrogen (secondary N) is 1. The number of nitro benzene ring substituents is 1. The summed E-state index contributed by atoms with van der Waals surface area (Å²) in [4.78, 5) is 10.7. The number of ether oxygens (including phenoxy) is 1. The average Bonchev–Trinajstić information content (AvgIpc) is 2.89. The zero-order chi connectivity index (χ0) is 16.4. The molecule has 7 nitrogen and oxygen atoms in total. The second-order valence-electron chi connectivity index (χ2n) is 5.73. The van der Waals surface area contributed by atoms with Gasteiger partial charge in [0.15, 0.2) is 4.77 Å². The Labute approximate surface area is 138 Å². The van der Waals surface area contributed by atoms with Crippen LogP contribution in [0.2, 0.25) is 0 Å². The Kier molecular flexibility index (Phi) is 4.53. The first-order chi connectivity index (χ1) is 11.1. The fraction of sp³-hybridized carbons (Fsp3) is 0.467. The van der Waals surface area contributed by atoms with Gasteiger partial charge in [0.05, 0.1) is 4.92 Å². The molecule has 1 saturated heterocycles. The molecule has 1 unspecified atom stereocenters. The zero-order valence-electron chi connectivity index (χ0n) is 12.8. The average molecular weight is 334 g/mol. The van der Waals surface area contributed by atoms with E-state index >= 15 is 0 Å². The number of non-ortho nitro benzene ring substituents is 1. The molecule has 8 heteroatoms. The van der Waals surface area contributed by atoms with Crippen molar-refractivity contribution in [3.05, 3.63) is 50.5 Å². The third kappa shape index (κ3) is 3.18. The van der Waals surface area contributed by atoms with E-state index in [9.17, 15) is 10.1 Å². The number of H-pyrrole nitrogens is 1. The largest absolute Gasteiger partial charge is 0.381 e. The van der Waals surface area contributed by atoms with Crippen LogP contribution < -0.4 is 0 Å². The van der Waals surface area contributed by atoms with Gasteiger partial charge in [0.1, 0.15) is 5.82 Å². The van der Waals surface area contributed by atoms with E-state index in [-0.39, 0.29) is 16.5 Å². The van der Waals surface area contributed by atoms with Crippen molar-refractivity contribution >= 4 is 17.9 Å². The van der Waals surface area contributed by atoms with Crippen molar-refractivity contribution in [2.45, 2.75) is 18.8 Å². The standard InChI is InChI=1S/C15H18N4O3S/c1-18-14(16-17-15(18)23)13(10-5-7-22-8-6-10)11-3-2-4-12(9-11)19(20)21/h2-4,9-10,13H,5-8H2,1H3,(H,17,23). The molecule has 0 bridgehead atoms. The van der Waals surface area contributed by atoms with Crippen molar-refractivity contribution in [2.24, 2.45) is 13.0 Å². The molecule has 1 atom stereocenters. The minimum atomic E-state index is -0.367. The normalized spacial score (nSPS) is 17.1. The highest BCUT2D eigenvalue weighted by molar-refractivity contribution is 7.71. The van der Waals surface area contributed by atoms with Gasteiger partial charge < -0.3 is 9.30 Å². The van der Waals surface area contributed by atoms with Crippen LogP contribution in [0.3, 0.4) is 0 Å². The summed E-state index contributed by atoms with van der Waals surface area (Å²) in [5, 5.41) is 18.3. The van der Waals surface area contributed by atoms with Gasteiger partial charge in [-0.15, -0.1) is 0 Å². The van der Waals surface area contributed by atoms with E-state index in [1.54, 1.807) is 12.1 Å². The summed E-state index contributed by atoms with van der Waals surface area (Å²) in [6.07, 6.45) is 1.79. The number of aromatic nitrogens is 3. The molecule has 122 valence electrons. The van der Waals surface area contributed by atoms with Crippen LogP contribution in [0.5, 0.6) is 0 Å². The molecule has 23 heavy (non-hydrogen) atoms. The van der Waals surface area contributed by atoms with E-state index in [4.69, 9.17) is 17.0 Å². The maximum absolute atomic E-state index is 11.1. The fourth-order valence-corrected chi connectivity index (χ4v) is 3.29. The predicted molar refractivity (Wildman–Crippen MR) is 86.9 cm³/mol. The van der Waals surface area contributed by atoms with Crippen LogP contribution in [0.4, 0.5) is 5.69 Å². The number of nitrogens with zero attached hydrogens (tertiary/aromatic N) is 3. The first kappa shape index (κ1) is 15.8. The number of benzene rings is 1. The number of rotatable bonds is 4. The van der Waals surface area contributed by atoms with Crippen LogP contribution in [0.1, 0.15) is 30.1 Å². The van der Waals surface area contributed by atoms with E-state index in [0.717, 1.165) is 24.2 Å². The first-order valence-corrected chi connectivity index (χ1v) is 7.92. The third-order valence-electron chi connectivity index (χ3n) is 4.37. The summed E-state index contributed by atoms with van der Waals surface area (Å²) in [6, 6.07) is 6.79. The Morgan fingerprint density at radius 2 is 2.22 bits per heavy atom. The van der Waals surface area contributed by atoms with Crippen molar-refractivity contribution in [1.82, 2.24) is 14.8 Å². The maximum Gasteiger partial charge on any atom is 0.269 e. The summed E-state index contributed by atoms with van der Waals surface area (Å²) in [5.41, 5.74) is 0.986. The first-order valence-electron chi connectivity index (χ1n) is 7.51. The molecule has 1 aliphatic rings. The highest BCUT2D eigenvalue weighted by Gasteiger charge is 2.31. The van der Waals surface area contributed by atoms with Gasteiger partial charge in [0.2, 0.25) is 0 Å². The molecule has 1 aromatic carbocycles. The highest BCUT2D eigenvalue weighted by Crippen LogP contribution is 2.37. The number of hydrogen-bond acceptors (Lipinski definition) is 5. The fourth-order valence-electron chi connectivity index (χ4n) is 3.15. The van der Waals surface area contributed by atoms with Gasteiger partial charge >= 0.3 is 0 Å². The van der Waals surface area contributed by atoms with Crippen LogP contribution in [0, 0.1) is 20.8 Å². The van der Waals surface area contributed by atoms with Gasteiger partial charge in [-0.3, -0.25) is 15.2 Å². The lowest BCUT2D eigenvalue weighted by Gasteiger charge is -2.29. The molecule has 1 aromatic heterocycles. The van der Waals surface area contributed by atoms with E-state index in [1.807, 2.05) is 17.7 Å². The summed E-state index contributed by atoms with van der Waals surface area (Å²) < 4.78 is 7.84. The Morgan fingerprint density at radius 3 is 2.83 bits per heavy atom. The van der Waals surface area contributed by atoms with Gasteiger partial charge in [-0.05, 0) is 36.5 Å². The lowest BCUT2D eigenvalue weighted by atomic mass is 9.80. The predicted octanol–water partition coefficient (Wildman–Crippen LogP) is 2.94. The molecular formula is C15H18N4O3S. The Hall–Kier alpha value is -2.06. The maximum atomic E-state index is 11.1. The molecule has 2 heterocycles. The molecule has 0 saturated carbocycles. The molecule has 1 N–H and O–H groups in total. The van der Waals surface area contributed by atoms with Gasteiger partial charge in [0, 0.05) is 38.3 Å². The summed E-state index contributed by atoms with van der Waals surface area (Å²) in [6.45, 7) is 1.40. The topological polar surface area (TPSA) is 86.0 Å². The molecule has 0 amide bonds. The molecular weight excluding hydrogens is 316 g/mol. The van der Waals surface area contributed by atoms with E-state index in [0.29, 0.717) is 23.9 Å². The molecule has 1 aliphatic heterocycles. The Balaban J connectivity index is 2.07. The number of aromatic amines is 1. The number of hydrogen-bond donors (Lipinski definition) is 1. The highest BCUT2D eigenvalue weighted by atomic mass is 32.1. The van der Waals surface area contributed by atoms with Gasteiger partial charge in [-0.1, -0.05) is 12.1 Å². The smallest absolute Gasteiger partial charge is 0.269 e. The summed E-state index contributed by atoms with van der Waals surface area (Å²) in [5.74, 6) is 1.08. The minimum Gasteiger partial charge on any atom is -0.381 e. The Bertz CT molecular complexity index is 764. The quantitative estimate of drug-likeness (QED) is 0.528. The third-order valence-corrected chi connectivity index (χ3v) is 4.74. The zero-order valence-corrected chi connectivity index (χ0v) is 13.6. The van der Waals surface area contributed by atoms with Crippen molar-refractivity contribution in [3.63, 3.8) is 0 Å². The Morgan fingerprint density at radius 1 is 1.48 bits per heavy atom. The molecule has 0 radical (unpaired) electrons. The molecule has 1 fully saturated rings. The van der Waals surface area contributed by atoms with Gasteiger partial charge in [-0.2, -0.15) is 5.10 Å². The number of nitro groups is 1. The lowest BCUT2D eigenvalue weighted by molar-refractivity contribution is -0.384. The molecule has 0 spiro atoms. The van der Waals surface area contributed by atoms with Gasteiger partial charge in [0.25, 0.3) is 5.69 Å². The SMILES string of the molecule is Cn1c(C(c2cccc([N+](=O)[O-])c2)C2CCOCC2)n[nH]c1=S. The van der Waals surface area contributed by atoms with Crippen LogP contribution in [-0.4, -0.2) is 32.9 Å². The second kappa shape index (κ2) is 6.59. The van der Waals surface area contributed by atoms with Crippen molar-refractivity contribution in [2.75, 3.05) is 13.2 Å². The van der Waals surface area contributed by atoms with Crippen LogP contribution in [0.15, 0.2) is 24.3 Å². The van der Waals surface area contributed by atoms with Crippen molar-refractivity contribution < 1.29 is 9.66 Å². The minimum absolute atomic E-state index is 0.0447. The van der Waals surface area contributed by atoms with Gasteiger partial charge in [-0.25, -0.2) is 0 Å². The second-order valence-corrected chi connectivity index (χ2v) is 6.11. The van der Waals surface area contributed by atoms with Crippen molar-refractivity contribution in [3.8, 4) is 0 Å². The summed E-state index contributed by atoms with van der Waals surface area (Å²) >= 11 is 5.22. The monoisotopic (exact) mass is 334 g/mol. The molecule has 2 aromatic rings.